The minimum Gasteiger partial charge on any atom is -0.481 e. The number of ether oxygens (including phenoxy) is 2. The van der Waals surface area contributed by atoms with Gasteiger partial charge in [0.05, 0.1) is 24.6 Å². The van der Waals surface area contributed by atoms with E-state index >= 15 is 0 Å². The van der Waals surface area contributed by atoms with Crippen molar-refractivity contribution in [2.24, 2.45) is 0 Å². The lowest BCUT2D eigenvalue weighted by atomic mass is 10.2. The van der Waals surface area contributed by atoms with Crippen LogP contribution in [0.2, 0.25) is 0 Å². The van der Waals surface area contributed by atoms with Crippen LogP contribution in [0.1, 0.15) is 32.8 Å². The quantitative estimate of drug-likeness (QED) is 0.468. The number of carbonyl (C=O) groups excluding carboxylic acids is 1. The number of carbonyl (C=O) groups is 2. The highest BCUT2D eigenvalue weighted by molar-refractivity contribution is 5.71. The van der Waals surface area contributed by atoms with Gasteiger partial charge in [-0.3, -0.25) is 4.79 Å². The molecule has 2 heterocycles. The topological polar surface area (TPSA) is 165 Å². The van der Waals surface area contributed by atoms with Crippen molar-refractivity contribution in [3.05, 3.63) is 47.7 Å². The van der Waals surface area contributed by atoms with Gasteiger partial charge in [-0.1, -0.05) is 0 Å². The normalized spacial score (nSPS) is 11.9. The molecule has 0 aliphatic heterocycles. The molecule has 0 aliphatic carbocycles. The van der Waals surface area contributed by atoms with E-state index in [2.05, 4.69) is 25.7 Å². The molecule has 1 amide bonds. The summed E-state index contributed by atoms with van der Waals surface area (Å²) in [6, 6.07) is 5.36. The molecule has 1 aromatic carbocycles. The van der Waals surface area contributed by atoms with E-state index in [1.807, 2.05) is 0 Å². The fraction of sp³-hybridized carbons (Fsp3) is 0.318. The number of carboxylic acids is 1. The second-order valence-electron chi connectivity index (χ2n) is 8.48. The maximum absolute atomic E-state index is 14.6. The number of halogens is 2. The predicted molar refractivity (Wildman–Crippen MR) is 118 cm³/mol. The zero-order valence-electron chi connectivity index (χ0n) is 19.4. The van der Waals surface area contributed by atoms with Gasteiger partial charge in [0.2, 0.25) is 5.82 Å². The molecule has 0 fully saturated rings. The Kier molecular flexibility index (Phi) is 7.73. The van der Waals surface area contributed by atoms with Crippen LogP contribution < -0.4 is 10.1 Å². The fourth-order valence-corrected chi connectivity index (χ4v) is 2.87. The van der Waals surface area contributed by atoms with Crippen LogP contribution in [0.25, 0.3) is 11.4 Å². The van der Waals surface area contributed by atoms with Gasteiger partial charge < -0.3 is 19.9 Å². The van der Waals surface area contributed by atoms with Crippen molar-refractivity contribution < 1.29 is 33.0 Å². The van der Waals surface area contributed by atoms with Gasteiger partial charge in [0.15, 0.2) is 17.4 Å². The Hall–Kier alpha value is -4.67. The van der Waals surface area contributed by atoms with Crippen LogP contribution in [0, 0.1) is 23.0 Å². The number of hydrogen-bond donors (Lipinski definition) is 2. The van der Waals surface area contributed by atoms with Gasteiger partial charge in [-0.15, -0.1) is 10.2 Å². The largest absolute Gasteiger partial charge is 0.481 e. The average Bonchev–Trinajstić information content (AvgIpc) is 3.22. The van der Waals surface area contributed by atoms with E-state index in [4.69, 9.17) is 19.8 Å². The Labute approximate surface area is 203 Å². The summed E-state index contributed by atoms with van der Waals surface area (Å²) in [5.74, 6) is -3.79. The number of carboxylic acid groups (broad SMARTS) is 1. The van der Waals surface area contributed by atoms with Gasteiger partial charge in [0.1, 0.15) is 11.7 Å². The third kappa shape index (κ3) is 7.16. The van der Waals surface area contributed by atoms with Crippen LogP contribution in [0.15, 0.2) is 30.5 Å². The van der Waals surface area contributed by atoms with E-state index in [0.717, 1.165) is 23.1 Å². The monoisotopic (exact) mass is 501 g/mol. The summed E-state index contributed by atoms with van der Waals surface area (Å²) in [5, 5.41) is 32.1. The zero-order chi connectivity index (χ0) is 26.5. The molecule has 2 aromatic heterocycles. The van der Waals surface area contributed by atoms with Gasteiger partial charge in [-0.25, -0.2) is 18.6 Å². The third-order valence-corrected chi connectivity index (χ3v) is 4.31. The number of rotatable bonds is 8. The fourth-order valence-electron chi connectivity index (χ4n) is 2.87. The smallest absolute Gasteiger partial charge is 0.407 e. The maximum atomic E-state index is 14.6. The summed E-state index contributed by atoms with van der Waals surface area (Å²) >= 11 is 0. The number of aliphatic carboxylic acids is 1. The number of nitrogens with one attached hydrogen (secondary N) is 1. The number of nitrogens with zero attached hydrogens (tertiary/aromatic N) is 6. The van der Waals surface area contributed by atoms with Crippen molar-refractivity contribution >= 4 is 12.1 Å². The molecule has 12 nitrogen and oxygen atoms in total. The van der Waals surface area contributed by atoms with Crippen molar-refractivity contribution in [2.75, 3.05) is 0 Å². The van der Waals surface area contributed by atoms with Crippen LogP contribution in [0.3, 0.4) is 0 Å². The third-order valence-electron chi connectivity index (χ3n) is 4.31. The first kappa shape index (κ1) is 25.9. The van der Waals surface area contributed by atoms with E-state index in [-0.39, 0.29) is 29.2 Å². The Bertz CT molecular complexity index is 1320. The minimum atomic E-state index is -1.16. The molecular formula is C22H21F2N7O5. The molecular weight excluding hydrogens is 480 g/mol. The average molecular weight is 501 g/mol. The van der Waals surface area contributed by atoms with Crippen molar-refractivity contribution in [2.45, 2.75) is 45.4 Å². The number of pyridine rings is 1. The first-order valence-electron chi connectivity index (χ1n) is 10.5. The number of tetrazole rings is 1. The first-order chi connectivity index (χ1) is 16.9. The summed E-state index contributed by atoms with van der Waals surface area (Å²) in [5.41, 5.74) is -0.593. The van der Waals surface area contributed by atoms with Crippen molar-refractivity contribution in [1.29, 1.82) is 5.26 Å². The van der Waals surface area contributed by atoms with Crippen LogP contribution in [0.5, 0.6) is 11.6 Å². The van der Waals surface area contributed by atoms with Crippen LogP contribution >= 0.6 is 0 Å². The Balaban J connectivity index is 1.72. The van der Waals surface area contributed by atoms with E-state index in [1.54, 1.807) is 26.8 Å². The van der Waals surface area contributed by atoms with Gasteiger partial charge in [0, 0.05) is 11.8 Å². The van der Waals surface area contributed by atoms with E-state index < -0.39 is 47.6 Å². The number of nitriles is 1. The van der Waals surface area contributed by atoms with E-state index in [1.165, 1.54) is 12.1 Å². The number of hydrogen-bond acceptors (Lipinski definition) is 9. The van der Waals surface area contributed by atoms with Crippen LogP contribution in [-0.2, 0) is 16.1 Å². The Morgan fingerprint density at radius 2 is 2.00 bits per heavy atom. The summed E-state index contributed by atoms with van der Waals surface area (Å²) in [4.78, 5) is 27.9. The Morgan fingerprint density at radius 3 is 2.61 bits per heavy atom. The summed E-state index contributed by atoms with van der Waals surface area (Å²) in [6.07, 6.45) is -0.154. The zero-order valence-corrected chi connectivity index (χ0v) is 19.4. The lowest BCUT2D eigenvalue weighted by Crippen LogP contribution is -2.42. The SMILES string of the molecule is CC(C)(C)OC(=O)NC(CC(=O)O)Cn1nnc(-c2ccc(Oc3ncc(C#N)cc3F)c(F)c2)n1. The lowest BCUT2D eigenvalue weighted by molar-refractivity contribution is -0.137. The Morgan fingerprint density at radius 1 is 1.25 bits per heavy atom. The molecule has 0 spiro atoms. The molecule has 3 rings (SSSR count). The van der Waals surface area contributed by atoms with Crippen molar-refractivity contribution in [3.63, 3.8) is 0 Å². The lowest BCUT2D eigenvalue weighted by Gasteiger charge is -2.22. The molecule has 188 valence electrons. The maximum Gasteiger partial charge on any atom is 0.407 e. The molecule has 0 saturated heterocycles. The molecule has 1 unspecified atom stereocenters. The van der Waals surface area contributed by atoms with Gasteiger partial charge in [-0.05, 0) is 50.3 Å². The van der Waals surface area contributed by atoms with E-state index in [0.29, 0.717) is 0 Å². The molecule has 0 radical (unpaired) electrons. The second-order valence-corrected chi connectivity index (χ2v) is 8.48. The first-order valence-corrected chi connectivity index (χ1v) is 10.5. The number of aromatic nitrogens is 5. The van der Waals surface area contributed by atoms with Gasteiger partial charge in [-0.2, -0.15) is 10.1 Å². The number of benzene rings is 1. The minimum absolute atomic E-state index is 0.00877. The number of amides is 1. The highest BCUT2D eigenvalue weighted by Crippen LogP contribution is 2.28. The van der Waals surface area contributed by atoms with Gasteiger partial charge >= 0.3 is 12.1 Å². The highest BCUT2D eigenvalue weighted by Gasteiger charge is 2.23. The van der Waals surface area contributed by atoms with Crippen LogP contribution in [0.4, 0.5) is 13.6 Å². The molecule has 3 aromatic rings. The number of alkyl carbamates (subject to hydrolysis) is 1. The summed E-state index contributed by atoms with van der Waals surface area (Å²) in [6.45, 7) is 4.84. The molecule has 0 saturated carbocycles. The summed E-state index contributed by atoms with van der Waals surface area (Å²) < 4.78 is 38.9. The predicted octanol–water partition coefficient (Wildman–Crippen LogP) is 3.05. The molecule has 2 N–H and O–H groups in total. The molecule has 0 bridgehead atoms. The molecule has 0 aliphatic rings. The van der Waals surface area contributed by atoms with Gasteiger partial charge in [0.25, 0.3) is 5.88 Å². The van der Waals surface area contributed by atoms with Crippen LogP contribution in [-0.4, -0.2) is 54.0 Å². The summed E-state index contributed by atoms with van der Waals surface area (Å²) in [7, 11) is 0. The molecule has 1 atom stereocenters. The van der Waals surface area contributed by atoms with E-state index in [9.17, 15) is 18.4 Å². The molecule has 14 heteroatoms. The molecule has 36 heavy (non-hydrogen) atoms. The van der Waals surface area contributed by atoms with Crippen molar-refractivity contribution in [3.8, 4) is 29.1 Å². The highest BCUT2D eigenvalue weighted by atomic mass is 19.1. The standard InChI is InChI=1S/C22H21F2N7O5/c1-22(2,3)36-21(34)27-14(8-18(32)33)11-31-29-19(28-30-31)13-4-5-17(15(23)7-13)35-20-16(24)6-12(9-25)10-26-20/h4-7,10,14H,8,11H2,1-3H3,(H,27,34)(H,32,33). The second kappa shape index (κ2) is 10.7. The van der Waals surface area contributed by atoms with Crippen molar-refractivity contribution in [1.82, 2.24) is 30.5 Å².